The molecule has 1 fully saturated rings. The SMILES string of the molecule is O=C(CNc1ccccc1)N1CCN(C(=O)c2cccc(C(F)(F)F)c2)CC1. The first-order valence-corrected chi connectivity index (χ1v) is 8.88. The van der Waals surface area contributed by atoms with E-state index in [1.54, 1.807) is 4.90 Å². The summed E-state index contributed by atoms with van der Waals surface area (Å²) < 4.78 is 38.5. The molecular weight excluding hydrogens is 371 g/mol. The lowest BCUT2D eigenvalue weighted by Crippen LogP contribution is -2.51. The van der Waals surface area contributed by atoms with Gasteiger partial charge in [-0.2, -0.15) is 13.2 Å². The second-order valence-corrected chi connectivity index (χ2v) is 6.47. The number of hydrogen-bond acceptors (Lipinski definition) is 3. The molecule has 148 valence electrons. The molecule has 0 spiro atoms. The summed E-state index contributed by atoms with van der Waals surface area (Å²) in [5.41, 5.74) is -0.00583. The van der Waals surface area contributed by atoms with E-state index in [1.165, 1.54) is 17.0 Å². The molecule has 0 atom stereocenters. The van der Waals surface area contributed by atoms with E-state index < -0.39 is 17.6 Å². The van der Waals surface area contributed by atoms with Crippen molar-refractivity contribution in [1.29, 1.82) is 0 Å². The third kappa shape index (κ3) is 4.82. The van der Waals surface area contributed by atoms with E-state index in [0.717, 1.165) is 17.8 Å². The average Bonchev–Trinajstić information content (AvgIpc) is 2.72. The number of rotatable bonds is 4. The fraction of sp³-hybridized carbons (Fsp3) is 0.300. The molecule has 0 unspecified atom stereocenters. The maximum absolute atomic E-state index is 12.8. The molecule has 5 nitrogen and oxygen atoms in total. The van der Waals surface area contributed by atoms with Gasteiger partial charge in [-0.3, -0.25) is 9.59 Å². The predicted octanol–water partition coefficient (Wildman–Crippen LogP) is 3.10. The summed E-state index contributed by atoms with van der Waals surface area (Å²) in [5.74, 6) is -0.546. The van der Waals surface area contributed by atoms with Crippen LogP contribution in [0.5, 0.6) is 0 Å². The lowest BCUT2D eigenvalue weighted by Gasteiger charge is -2.35. The minimum Gasteiger partial charge on any atom is -0.376 e. The van der Waals surface area contributed by atoms with Gasteiger partial charge in [-0.25, -0.2) is 0 Å². The topological polar surface area (TPSA) is 52.7 Å². The van der Waals surface area contributed by atoms with Gasteiger partial charge in [0.05, 0.1) is 12.1 Å². The van der Waals surface area contributed by atoms with Gasteiger partial charge in [-0.1, -0.05) is 24.3 Å². The second-order valence-electron chi connectivity index (χ2n) is 6.47. The Bertz CT molecular complexity index is 832. The van der Waals surface area contributed by atoms with E-state index in [4.69, 9.17) is 0 Å². The van der Waals surface area contributed by atoms with Crippen molar-refractivity contribution in [2.75, 3.05) is 38.0 Å². The van der Waals surface area contributed by atoms with Crippen molar-refractivity contribution in [3.63, 3.8) is 0 Å². The second kappa shape index (κ2) is 8.33. The number of alkyl halides is 3. The molecule has 0 aliphatic carbocycles. The monoisotopic (exact) mass is 391 g/mol. The fourth-order valence-corrected chi connectivity index (χ4v) is 3.02. The zero-order valence-electron chi connectivity index (χ0n) is 15.1. The van der Waals surface area contributed by atoms with Gasteiger partial charge in [-0.05, 0) is 30.3 Å². The molecule has 2 amide bonds. The van der Waals surface area contributed by atoms with Crippen molar-refractivity contribution in [1.82, 2.24) is 9.80 Å². The van der Waals surface area contributed by atoms with Crippen molar-refractivity contribution in [2.45, 2.75) is 6.18 Å². The van der Waals surface area contributed by atoms with E-state index in [1.807, 2.05) is 30.3 Å². The summed E-state index contributed by atoms with van der Waals surface area (Å²) >= 11 is 0. The van der Waals surface area contributed by atoms with Crippen LogP contribution in [0.15, 0.2) is 54.6 Å². The average molecular weight is 391 g/mol. The van der Waals surface area contributed by atoms with Crippen LogP contribution in [0.1, 0.15) is 15.9 Å². The number of anilines is 1. The first kappa shape index (κ1) is 19.7. The largest absolute Gasteiger partial charge is 0.416 e. The fourth-order valence-electron chi connectivity index (χ4n) is 3.02. The Balaban J connectivity index is 1.53. The highest BCUT2D eigenvalue weighted by molar-refractivity contribution is 5.94. The lowest BCUT2D eigenvalue weighted by molar-refractivity contribution is -0.137. The summed E-state index contributed by atoms with van der Waals surface area (Å²) in [6.07, 6.45) is -4.49. The van der Waals surface area contributed by atoms with Gasteiger partial charge in [0.2, 0.25) is 5.91 Å². The van der Waals surface area contributed by atoms with Crippen molar-refractivity contribution in [3.8, 4) is 0 Å². The van der Waals surface area contributed by atoms with Crippen LogP contribution in [0.4, 0.5) is 18.9 Å². The summed E-state index contributed by atoms with van der Waals surface area (Å²) in [4.78, 5) is 27.9. The van der Waals surface area contributed by atoms with E-state index in [0.29, 0.717) is 13.1 Å². The predicted molar refractivity (Wildman–Crippen MR) is 98.9 cm³/mol. The maximum atomic E-state index is 12.8. The van der Waals surface area contributed by atoms with E-state index in [9.17, 15) is 22.8 Å². The number of carbonyl (C=O) groups excluding carboxylic acids is 2. The smallest absolute Gasteiger partial charge is 0.376 e. The van der Waals surface area contributed by atoms with Crippen LogP contribution in [-0.2, 0) is 11.0 Å². The zero-order chi connectivity index (χ0) is 20.1. The Morgan fingerprint density at radius 2 is 1.54 bits per heavy atom. The molecule has 28 heavy (non-hydrogen) atoms. The van der Waals surface area contributed by atoms with Crippen molar-refractivity contribution < 1.29 is 22.8 Å². The standard InChI is InChI=1S/C20H20F3N3O2/c21-20(22,23)16-6-4-5-15(13-16)19(28)26-11-9-25(10-12-26)18(27)14-24-17-7-2-1-3-8-17/h1-8,13,24H,9-12,14H2. The molecule has 1 saturated heterocycles. The molecule has 1 N–H and O–H groups in total. The van der Waals surface area contributed by atoms with Crippen molar-refractivity contribution >= 4 is 17.5 Å². The van der Waals surface area contributed by atoms with Gasteiger partial charge >= 0.3 is 6.18 Å². The molecule has 2 aromatic carbocycles. The van der Waals surface area contributed by atoms with Gasteiger partial charge in [0.1, 0.15) is 0 Å². The van der Waals surface area contributed by atoms with Crippen LogP contribution in [0.25, 0.3) is 0 Å². The number of nitrogens with zero attached hydrogens (tertiary/aromatic N) is 2. The lowest BCUT2D eigenvalue weighted by atomic mass is 10.1. The molecule has 0 aromatic heterocycles. The van der Waals surface area contributed by atoms with Gasteiger partial charge in [0.15, 0.2) is 0 Å². The quantitative estimate of drug-likeness (QED) is 0.872. The Morgan fingerprint density at radius 1 is 0.893 bits per heavy atom. The number of carbonyl (C=O) groups is 2. The molecular formula is C20H20F3N3O2. The zero-order valence-corrected chi connectivity index (χ0v) is 15.1. The number of amides is 2. The van der Waals surface area contributed by atoms with Gasteiger partial charge in [0.25, 0.3) is 5.91 Å². The number of benzene rings is 2. The highest BCUT2D eigenvalue weighted by Crippen LogP contribution is 2.29. The first-order chi connectivity index (χ1) is 13.3. The van der Waals surface area contributed by atoms with Gasteiger partial charge < -0.3 is 15.1 Å². The highest BCUT2D eigenvalue weighted by atomic mass is 19.4. The van der Waals surface area contributed by atoms with Gasteiger partial charge in [0, 0.05) is 37.4 Å². The van der Waals surface area contributed by atoms with E-state index in [2.05, 4.69) is 5.32 Å². The Morgan fingerprint density at radius 3 is 2.18 bits per heavy atom. The van der Waals surface area contributed by atoms with Crippen LogP contribution in [0.2, 0.25) is 0 Å². The minimum absolute atomic E-state index is 0.000320. The molecule has 0 bridgehead atoms. The van der Waals surface area contributed by atoms with Crippen molar-refractivity contribution in [3.05, 3.63) is 65.7 Å². The van der Waals surface area contributed by atoms with E-state index >= 15 is 0 Å². The summed E-state index contributed by atoms with van der Waals surface area (Å²) in [6, 6.07) is 13.7. The van der Waals surface area contributed by atoms with Crippen LogP contribution in [0, 0.1) is 0 Å². The minimum atomic E-state index is -4.49. The third-order valence-corrected chi connectivity index (χ3v) is 4.57. The van der Waals surface area contributed by atoms with Crippen LogP contribution in [0.3, 0.4) is 0 Å². The van der Waals surface area contributed by atoms with Gasteiger partial charge in [-0.15, -0.1) is 0 Å². The third-order valence-electron chi connectivity index (χ3n) is 4.57. The molecule has 1 heterocycles. The van der Waals surface area contributed by atoms with Crippen LogP contribution < -0.4 is 5.32 Å². The molecule has 1 aliphatic heterocycles. The Kier molecular flexibility index (Phi) is 5.87. The normalized spacial score (nSPS) is 14.7. The molecule has 1 aliphatic rings. The Labute approximate surface area is 160 Å². The first-order valence-electron chi connectivity index (χ1n) is 8.88. The number of hydrogen-bond donors (Lipinski definition) is 1. The van der Waals surface area contributed by atoms with Crippen LogP contribution in [-0.4, -0.2) is 54.3 Å². The molecule has 2 aromatic rings. The molecule has 8 heteroatoms. The molecule has 3 rings (SSSR count). The maximum Gasteiger partial charge on any atom is 0.416 e. The molecule has 0 radical (unpaired) electrons. The number of piperazine rings is 1. The number of para-hydroxylation sites is 1. The summed E-state index contributed by atoms with van der Waals surface area (Å²) in [6.45, 7) is 1.41. The number of halogens is 3. The summed E-state index contributed by atoms with van der Waals surface area (Å²) in [7, 11) is 0. The Hall–Kier alpha value is -3.03. The number of nitrogens with one attached hydrogen (secondary N) is 1. The van der Waals surface area contributed by atoms with Crippen LogP contribution >= 0.6 is 0 Å². The van der Waals surface area contributed by atoms with E-state index in [-0.39, 0.29) is 31.1 Å². The molecule has 0 saturated carbocycles. The van der Waals surface area contributed by atoms with Crippen molar-refractivity contribution in [2.24, 2.45) is 0 Å². The summed E-state index contributed by atoms with van der Waals surface area (Å²) in [5, 5.41) is 3.04. The highest BCUT2D eigenvalue weighted by Gasteiger charge is 2.32.